The molecule has 1 N–H and O–H groups in total. The summed E-state index contributed by atoms with van der Waals surface area (Å²) >= 11 is 6.24. The van der Waals surface area contributed by atoms with Crippen LogP contribution in [0.25, 0.3) is 6.08 Å². The quantitative estimate of drug-likeness (QED) is 0.377. The maximum Gasteiger partial charge on any atom is 0.323 e. The van der Waals surface area contributed by atoms with Crippen molar-refractivity contribution in [2.24, 2.45) is 0 Å². The molecule has 0 radical (unpaired) electrons. The molecule has 1 aromatic carbocycles. The van der Waals surface area contributed by atoms with Crippen LogP contribution in [-0.2, 0) is 16.1 Å². The Morgan fingerprint density at radius 1 is 1.21 bits per heavy atom. The van der Waals surface area contributed by atoms with Crippen molar-refractivity contribution >= 4 is 57.8 Å². The third-order valence-corrected chi connectivity index (χ3v) is 8.17. The molecule has 2 aliphatic rings. The molecule has 2 aliphatic heterocycles. The van der Waals surface area contributed by atoms with Gasteiger partial charge in [0.05, 0.1) is 10.6 Å². The Hall–Kier alpha value is -3.69. The molecule has 0 atom stereocenters. The number of hydrogen-bond donors (Lipinski definition) is 1. The summed E-state index contributed by atoms with van der Waals surface area (Å²) in [4.78, 5) is 43.0. The highest BCUT2D eigenvalue weighted by molar-refractivity contribution is 8.26. The maximum atomic E-state index is 14.4. The number of nitrogens with zero attached hydrogens (tertiary/aromatic N) is 5. The molecule has 1 amide bonds. The van der Waals surface area contributed by atoms with Crippen molar-refractivity contribution in [3.05, 3.63) is 62.0 Å². The minimum Gasteiger partial charge on any atom is -0.480 e. The minimum absolute atomic E-state index is 0.00731. The Morgan fingerprint density at radius 3 is 2.49 bits per heavy atom. The fourth-order valence-electron chi connectivity index (χ4n) is 4.78. The number of benzene rings is 1. The summed E-state index contributed by atoms with van der Waals surface area (Å²) in [7, 11) is 0. The number of para-hydroxylation sites is 1. The van der Waals surface area contributed by atoms with Crippen LogP contribution in [0.4, 0.5) is 15.9 Å². The van der Waals surface area contributed by atoms with Gasteiger partial charge in [-0.15, -0.1) is 0 Å². The molecular formula is C27H28FN5O4S2. The number of hydrogen-bond acceptors (Lipinski definition) is 8. The van der Waals surface area contributed by atoms with Gasteiger partial charge in [0.2, 0.25) is 0 Å². The number of pyridine rings is 1. The third-order valence-electron chi connectivity index (χ3n) is 6.80. The molecule has 0 spiro atoms. The number of aromatic nitrogens is 1. The first-order valence-corrected chi connectivity index (χ1v) is 13.8. The predicted molar refractivity (Wildman–Crippen MR) is 153 cm³/mol. The summed E-state index contributed by atoms with van der Waals surface area (Å²) in [5, 5.41) is 19.0. The molecule has 2 fully saturated rings. The van der Waals surface area contributed by atoms with Crippen LogP contribution < -0.4 is 15.4 Å². The second kappa shape index (κ2) is 12.0. The molecule has 1 aromatic heterocycles. The summed E-state index contributed by atoms with van der Waals surface area (Å²) in [5.74, 6) is -1.44. The molecule has 4 rings (SSSR count). The highest BCUT2D eigenvalue weighted by Crippen LogP contribution is 2.36. The van der Waals surface area contributed by atoms with Gasteiger partial charge in [-0.3, -0.25) is 23.9 Å². The number of unbranched alkanes of at least 4 members (excludes halogenated alkanes) is 1. The number of aliphatic carboxylic acids is 1. The number of nitriles is 1. The minimum atomic E-state index is -1.18. The zero-order valence-corrected chi connectivity index (χ0v) is 23.3. The number of halogens is 1. The van der Waals surface area contributed by atoms with Crippen molar-refractivity contribution < 1.29 is 19.1 Å². The van der Waals surface area contributed by atoms with E-state index in [0.29, 0.717) is 61.8 Å². The van der Waals surface area contributed by atoms with E-state index in [4.69, 9.17) is 12.2 Å². The van der Waals surface area contributed by atoms with Gasteiger partial charge >= 0.3 is 5.97 Å². The van der Waals surface area contributed by atoms with E-state index in [1.807, 2.05) is 22.8 Å². The average Bonchev–Trinajstić information content (AvgIpc) is 3.17. The Bertz CT molecular complexity index is 1460. The Labute approximate surface area is 235 Å². The summed E-state index contributed by atoms with van der Waals surface area (Å²) in [6.07, 6.45) is 3.14. The second-order valence-corrected chi connectivity index (χ2v) is 10.9. The highest BCUT2D eigenvalue weighted by atomic mass is 32.2. The maximum absolute atomic E-state index is 14.4. The number of amides is 1. The standard InChI is InChI=1S/C27H28FN5O4S2/c1-3-4-9-32-24(31-12-10-30(11-13-31)21-8-6-5-7-20(21)28)18(17(2)19(15-29)25(32)36)14-22-26(37)33(16-23(34)35)27(38)39-22/h5-8,14H,3-4,9-13,16H2,1-2H3,(H,34,35). The Balaban J connectivity index is 1.80. The summed E-state index contributed by atoms with van der Waals surface area (Å²) < 4.78 is 16.2. The van der Waals surface area contributed by atoms with Crippen molar-refractivity contribution in [2.45, 2.75) is 33.2 Å². The van der Waals surface area contributed by atoms with Gasteiger partial charge in [-0.25, -0.2) is 4.39 Å². The number of thiocarbonyl (C=S) groups is 1. The number of thioether (sulfide) groups is 1. The van der Waals surface area contributed by atoms with Crippen molar-refractivity contribution in [2.75, 3.05) is 42.5 Å². The zero-order valence-electron chi connectivity index (χ0n) is 21.6. The van der Waals surface area contributed by atoms with Gasteiger partial charge in [0.15, 0.2) is 0 Å². The SMILES string of the molecule is CCCCn1c(N2CCN(c3ccccc3F)CC2)c(C=C2SC(=S)N(CC(=O)O)C2=O)c(C)c(C#N)c1=O. The largest absolute Gasteiger partial charge is 0.480 e. The van der Waals surface area contributed by atoms with E-state index in [-0.39, 0.29) is 20.6 Å². The smallest absolute Gasteiger partial charge is 0.323 e. The Morgan fingerprint density at radius 2 is 1.87 bits per heavy atom. The van der Waals surface area contributed by atoms with E-state index in [0.717, 1.165) is 23.1 Å². The van der Waals surface area contributed by atoms with Crippen LogP contribution in [0, 0.1) is 24.1 Å². The lowest BCUT2D eigenvalue weighted by Gasteiger charge is -2.39. The van der Waals surface area contributed by atoms with Crippen LogP contribution in [0.15, 0.2) is 34.0 Å². The predicted octanol–water partition coefficient (Wildman–Crippen LogP) is 3.58. The highest BCUT2D eigenvalue weighted by Gasteiger charge is 2.35. The van der Waals surface area contributed by atoms with Gasteiger partial charge in [0.1, 0.15) is 34.1 Å². The number of anilines is 2. The van der Waals surface area contributed by atoms with E-state index in [1.165, 1.54) is 6.07 Å². The molecule has 3 heterocycles. The molecule has 39 heavy (non-hydrogen) atoms. The number of rotatable bonds is 8. The van der Waals surface area contributed by atoms with Crippen LogP contribution in [0.5, 0.6) is 0 Å². The summed E-state index contributed by atoms with van der Waals surface area (Å²) in [6.45, 7) is 5.47. The van der Waals surface area contributed by atoms with Crippen LogP contribution in [0.2, 0.25) is 0 Å². The molecule has 0 saturated carbocycles. The van der Waals surface area contributed by atoms with Crippen molar-refractivity contribution in [1.82, 2.24) is 9.47 Å². The summed E-state index contributed by atoms with van der Waals surface area (Å²) in [6, 6.07) is 8.62. The molecule has 2 aromatic rings. The molecule has 0 unspecified atom stereocenters. The molecule has 204 valence electrons. The number of piperazine rings is 1. The van der Waals surface area contributed by atoms with Crippen LogP contribution in [-0.4, -0.2) is 63.5 Å². The monoisotopic (exact) mass is 569 g/mol. The number of carboxylic acid groups (broad SMARTS) is 1. The lowest BCUT2D eigenvalue weighted by atomic mass is 10.0. The van der Waals surface area contributed by atoms with Gasteiger partial charge < -0.3 is 14.9 Å². The Kier molecular flexibility index (Phi) is 8.72. The van der Waals surface area contributed by atoms with Gasteiger partial charge in [-0.1, -0.05) is 49.5 Å². The molecule has 2 saturated heterocycles. The van der Waals surface area contributed by atoms with Crippen LogP contribution in [0.3, 0.4) is 0 Å². The van der Waals surface area contributed by atoms with Crippen molar-refractivity contribution in [3.8, 4) is 6.07 Å². The number of carbonyl (C=O) groups excluding carboxylic acids is 1. The third kappa shape index (κ3) is 5.69. The van der Waals surface area contributed by atoms with E-state index in [9.17, 15) is 29.1 Å². The summed E-state index contributed by atoms with van der Waals surface area (Å²) in [5.41, 5.74) is 1.08. The van der Waals surface area contributed by atoms with E-state index >= 15 is 0 Å². The van der Waals surface area contributed by atoms with Gasteiger partial charge in [-0.05, 0) is 37.1 Å². The van der Waals surface area contributed by atoms with Crippen LogP contribution in [0.1, 0.15) is 36.5 Å². The first-order chi connectivity index (χ1) is 18.7. The lowest BCUT2D eigenvalue weighted by molar-refractivity contribution is -0.140. The number of carboxylic acids is 1. The second-order valence-electron chi connectivity index (χ2n) is 9.25. The molecule has 12 heteroatoms. The van der Waals surface area contributed by atoms with Gasteiger partial charge in [0, 0.05) is 38.3 Å². The van der Waals surface area contributed by atoms with E-state index < -0.39 is 24.0 Å². The molecule has 0 bridgehead atoms. The van der Waals surface area contributed by atoms with Crippen molar-refractivity contribution in [3.63, 3.8) is 0 Å². The fourth-order valence-corrected chi connectivity index (χ4v) is 6.02. The molecule has 9 nitrogen and oxygen atoms in total. The van der Waals surface area contributed by atoms with Gasteiger partial charge in [0.25, 0.3) is 11.5 Å². The fraction of sp³-hybridized carbons (Fsp3) is 0.370. The van der Waals surface area contributed by atoms with Crippen molar-refractivity contribution in [1.29, 1.82) is 5.26 Å². The van der Waals surface area contributed by atoms with Gasteiger partial charge in [-0.2, -0.15) is 5.26 Å². The first kappa shape index (κ1) is 28.3. The van der Waals surface area contributed by atoms with Crippen LogP contribution >= 0.6 is 24.0 Å². The van der Waals surface area contributed by atoms with E-state index in [1.54, 1.807) is 35.8 Å². The number of carbonyl (C=O) groups is 2. The normalized spacial score (nSPS) is 16.8. The lowest BCUT2D eigenvalue weighted by Crippen LogP contribution is -2.49. The molecular weight excluding hydrogens is 541 g/mol. The topological polar surface area (TPSA) is 110 Å². The zero-order chi connectivity index (χ0) is 28.3. The average molecular weight is 570 g/mol. The molecule has 0 aliphatic carbocycles. The van der Waals surface area contributed by atoms with E-state index in [2.05, 4.69) is 0 Å². The first-order valence-electron chi connectivity index (χ1n) is 12.6.